The van der Waals surface area contributed by atoms with Crippen LogP contribution < -0.4 is 10.1 Å². The summed E-state index contributed by atoms with van der Waals surface area (Å²) in [4.78, 5) is 4.30. The third-order valence-electron chi connectivity index (χ3n) is 4.15. The van der Waals surface area contributed by atoms with Crippen molar-refractivity contribution in [2.75, 3.05) is 5.32 Å². The number of hydrogen-bond donors (Lipinski definition) is 1. The van der Waals surface area contributed by atoms with Crippen molar-refractivity contribution in [2.24, 2.45) is 0 Å². The van der Waals surface area contributed by atoms with Crippen LogP contribution in [0.5, 0.6) is 5.75 Å². The van der Waals surface area contributed by atoms with E-state index in [1.807, 2.05) is 35.7 Å². The minimum Gasteiger partial charge on any atom is -0.489 e. The van der Waals surface area contributed by atoms with Gasteiger partial charge in [-0.15, -0.1) is 11.3 Å². The van der Waals surface area contributed by atoms with Crippen molar-refractivity contribution < 1.29 is 4.74 Å². The fraction of sp³-hybridized carbons (Fsp3) is 0.0952. The minimum atomic E-state index is 0.500. The standard InChI is InChI=1S/C21H17ClN2OS/c22-17-8-5-15(6-9-17)14-25-20-10-7-16-3-1-2-4-18(16)19(20)13-24-21-23-11-12-26-21/h1-12H,13-14H2,(H,23,24). The number of nitrogens with zero attached hydrogens (tertiary/aromatic N) is 1. The highest BCUT2D eigenvalue weighted by molar-refractivity contribution is 7.13. The average molecular weight is 381 g/mol. The first-order valence-electron chi connectivity index (χ1n) is 8.31. The summed E-state index contributed by atoms with van der Waals surface area (Å²) in [5.41, 5.74) is 2.22. The van der Waals surface area contributed by atoms with Crippen LogP contribution in [0, 0.1) is 0 Å². The van der Waals surface area contributed by atoms with Gasteiger partial charge in [-0.1, -0.05) is 54.1 Å². The summed E-state index contributed by atoms with van der Waals surface area (Å²) in [6, 6.07) is 20.2. The highest BCUT2D eigenvalue weighted by atomic mass is 35.5. The van der Waals surface area contributed by atoms with E-state index < -0.39 is 0 Å². The van der Waals surface area contributed by atoms with Crippen LogP contribution in [0.3, 0.4) is 0 Å². The molecule has 130 valence electrons. The van der Waals surface area contributed by atoms with Crippen molar-refractivity contribution in [3.63, 3.8) is 0 Å². The summed E-state index contributed by atoms with van der Waals surface area (Å²) < 4.78 is 6.14. The molecule has 0 aliphatic carbocycles. The second kappa shape index (κ2) is 7.77. The lowest BCUT2D eigenvalue weighted by Crippen LogP contribution is -2.04. The molecule has 0 saturated carbocycles. The van der Waals surface area contributed by atoms with E-state index in [2.05, 4.69) is 40.6 Å². The van der Waals surface area contributed by atoms with Crippen molar-refractivity contribution in [3.8, 4) is 5.75 Å². The number of nitrogens with one attached hydrogen (secondary N) is 1. The predicted octanol–water partition coefficient (Wildman–Crippen LogP) is 6.14. The quantitative estimate of drug-likeness (QED) is 0.436. The highest BCUT2D eigenvalue weighted by Crippen LogP contribution is 2.30. The Morgan fingerprint density at radius 3 is 2.65 bits per heavy atom. The number of fused-ring (bicyclic) bond motifs is 1. The second-order valence-corrected chi connectivity index (χ2v) is 7.20. The van der Waals surface area contributed by atoms with Crippen LogP contribution in [-0.2, 0) is 13.2 Å². The van der Waals surface area contributed by atoms with E-state index in [1.54, 1.807) is 17.5 Å². The molecule has 0 spiro atoms. The van der Waals surface area contributed by atoms with Gasteiger partial charge in [-0.25, -0.2) is 4.98 Å². The fourth-order valence-corrected chi connectivity index (χ4v) is 3.50. The number of hydrogen-bond acceptors (Lipinski definition) is 4. The van der Waals surface area contributed by atoms with Gasteiger partial charge in [-0.3, -0.25) is 0 Å². The number of ether oxygens (including phenoxy) is 1. The molecule has 0 atom stereocenters. The summed E-state index contributed by atoms with van der Waals surface area (Å²) >= 11 is 7.54. The molecule has 0 aliphatic heterocycles. The van der Waals surface area contributed by atoms with Gasteiger partial charge in [0, 0.05) is 28.7 Å². The van der Waals surface area contributed by atoms with Gasteiger partial charge in [0.15, 0.2) is 5.13 Å². The van der Waals surface area contributed by atoms with E-state index in [4.69, 9.17) is 16.3 Å². The van der Waals surface area contributed by atoms with Crippen LogP contribution in [0.25, 0.3) is 10.8 Å². The van der Waals surface area contributed by atoms with Crippen LogP contribution in [0.1, 0.15) is 11.1 Å². The molecule has 0 bridgehead atoms. The van der Waals surface area contributed by atoms with E-state index in [1.165, 1.54) is 10.8 Å². The van der Waals surface area contributed by atoms with Gasteiger partial charge in [-0.05, 0) is 34.5 Å². The monoisotopic (exact) mass is 380 g/mol. The molecule has 4 rings (SSSR count). The molecule has 0 amide bonds. The molecule has 0 aliphatic rings. The first-order valence-corrected chi connectivity index (χ1v) is 9.56. The number of benzene rings is 3. The van der Waals surface area contributed by atoms with Gasteiger partial charge in [0.2, 0.25) is 0 Å². The average Bonchev–Trinajstić information content (AvgIpc) is 3.19. The lowest BCUT2D eigenvalue weighted by molar-refractivity contribution is 0.304. The highest BCUT2D eigenvalue weighted by Gasteiger charge is 2.10. The molecular formula is C21H17ClN2OS. The molecule has 0 saturated heterocycles. The molecule has 3 aromatic carbocycles. The smallest absolute Gasteiger partial charge is 0.182 e. The SMILES string of the molecule is Clc1ccc(COc2ccc3ccccc3c2CNc2nccs2)cc1. The number of thiazole rings is 1. The van der Waals surface area contributed by atoms with E-state index in [-0.39, 0.29) is 0 Å². The van der Waals surface area contributed by atoms with E-state index in [0.717, 1.165) is 27.0 Å². The number of aromatic nitrogens is 1. The van der Waals surface area contributed by atoms with Crippen LogP contribution in [-0.4, -0.2) is 4.98 Å². The van der Waals surface area contributed by atoms with Gasteiger partial charge in [-0.2, -0.15) is 0 Å². The summed E-state index contributed by atoms with van der Waals surface area (Å²) in [5.74, 6) is 0.878. The lowest BCUT2D eigenvalue weighted by atomic mass is 10.0. The second-order valence-electron chi connectivity index (χ2n) is 5.87. The van der Waals surface area contributed by atoms with E-state index >= 15 is 0 Å². The molecule has 4 aromatic rings. The third kappa shape index (κ3) is 3.82. The molecule has 3 nitrogen and oxygen atoms in total. The van der Waals surface area contributed by atoms with Crippen LogP contribution in [0.4, 0.5) is 5.13 Å². The maximum absolute atomic E-state index is 6.14. The summed E-state index contributed by atoms with van der Waals surface area (Å²) in [5, 5.41) is 9.37. The Labute approximate surface area is 161 Å². The fourth-order valence-electron chi connectivity index (χ4n) is 2.85. The maximum atomic E-state index is 6.14. The largest absolute Gasteiger partial charge is 0.489 e. The van der Waals surface area contributed by atoms with Crippen LogP contribution in [0.15, 0.2) is 72.2 Å². The van der Waals surface area contributed by atoms with Crippen molar-refractivity contribution in [2.45, 2.75) is 13.2 Å². The Balaban J connectivity index is 1.61. The molecule has 1 N–H and O–H groups in total. The molecule has 0 unspecified atom stereocenters. The van der Waals surface area contributed by atoms with E-state index in [9.17, 15) is 0 Å². The molecule has 1 heterocycles. The summed E-state index contributed by atoms with van der Waals surface area (Å²) in [7, 11) is 0. The Morgan fingerprint density at radius 1 is 1.00 bits per heavy atom. The van der Waals surface area contributed by atoms with Crippen LogP contribution in [0.2, 0.25) is 5.02 Å². The molecule has 5 heteroatoms. The topological polar surface area (TPSA) is 34.1 Å². The van der Waals surface area contributed by atoms with Crippen LogP contribution >= 0.6 is 22.9 Å². The zero-order valence-corrected chi connectivity index (χ0v) is 15.6. The van der Waals surface area contributed by atoms with Gasteiger partial charge >= 0.3 is 0 Å². The predicted molar refractivity (Wildman–Crippen MR) is 109 cm³/mol. The molecular weight excluding hydrogens is 364 g/mol. The maximum Gasteiger partial charge on any atom is 0.182 e. The number of rotatable bonds is 6. The molecule has 0 radical (unpaired) electrons. The molecule has 0 fully saturated rings. The Hall–Kier alpha value is -2.56. The molecule has 1 aromatic heterocycles. The van der Waals surface area contributed by atoms with E-state index in [0.29, 0.717) is 13.2 Å². The van der Waals surface area contributed by atoms with Gasteiger partial charge in [0.25, 0.3) is 0 Å². The van der Waals surface area contributed by atoms with Gasteiger partial charge < -0.3 is 10.1 Å². The number of halogens is 1. The first kappa shape index (κ1) is 16.9. The Kier molecular flexibility index (Phi) is 5.04. The Bertz CT molecular complexity index is 1000. The third-order valence-corrected chi connectivity index (χ3v) is 5.14. The van der Waals surface area contributed by atoms with Crippen molar-refractivity contribution in [1.82, 2.24) is 4.98 Å². The minimum absolute atomic E-state index is 0.500. The van der Waals surface area contributed by atoms with Crippen molar-refractivity contribution in [3.05, 3.63) is 88.4 Å². The zero-order chi connectivity index (χ0) is 17.8. The van der Waals surface area contributed by atoms with Gasteiger partial charge in [0.1, 0.15) is 12.4 Å². The first-order chi connectivity index (χ1) is 12.8. The van der Waals surface area contributed by atoms with Crippen molar-refractivity contribution in [1.29, 1.82) is 0 Å². The van der Waals surface area contributed by atoms with Gasteiger partial charge in [0.05, 0.1) is 0 Å². The zero-order valence-electron chi connectivity index (χ0n) is 14.0. The summed E-state index contributed by atoms with van der Waals surface area (Å²) in [6.45, 7) is 1.16. The van der Waals surface area contributed by atoms with Crippen molar-refractivity contribution >= 4 is 38.8 Å². The number of anilines is 1. The lowest BCUT2D eigenvalue weighted by Gasteiger charge is -2.15. The molecule has 26 heavy (non-hydrogen) atoms. The Morgan fingerprint density at radius 2 is 1.85 bits per heavy atom. The normalized spacial score (nSPS) is 10.8. The summed E-state index contributed by atoms with van der Waals surface area (Å²) in [6.07, 6.45) is 1.80.